The molecule has 0 bridgehead atoms. The van der Waals surface area contributed by atoms with Gasteiger partial charge in [0.2, 0.25) is 0 Å². The minimum atomic E-state index is 0.0712. The van der Waals surface area contributed by atoms with Gasteiger partial charge in [-0.05, 0) is 24.3 Å². The van der Waals surface area contributed by atoms with E-state index in [0.29, 0.717) is 18.5 Å². The van der Waals surface area contributed by atoms with Crippen molar-refractivity contribution in [2.75, 3.05) is 0 Å². The van der Waals surface area contributed by atoms with E-state index in [1.165, 1.54) is 0 Å². The Bertz CT molecular complexity index is 576. The molecular weight excluding hydrogens is 236 g/mol. The molecule has 0 N–H and O–H groups in total. The lowest BCUT2D eigenvalue weighted by Gasteiger charge is -2.00. The molecule has 3 nitrogen and oxygen atoms in total. The molecule has 0 amide bonds. The smallest absolute Gasteiger partial charge is 0.180 e. The zero-order valence-electron chi connectivity index (χ0n) is 10.9. The molecule has 19 heavy (non-hydrogen) atoms. The van der Waals surface area contributed by atoms with Crippen LogP contribution in [0.4, 0.5) is 5.69 Å². The van der Waals surface area contributed by atoms with Crippen LogP contribution in [-0.4, -0.2) is 17.0 Å². The average molecular weight is 252 g/mol. The van der Waals surface area contributed by atoms with Gasteiger partial charge in [0.05, 0.1) is 5.69 Å². The Hall–Kier alpha value is -2.29. The molecular formula is C16H16N2O. The molecule has 0 aliphatic carbocycles. The summed E-state index contributed by atoms with van der Waals surface area (Å²) in [5.41, 5.74) is 2.32. The van der Waals surface area contributed by atoms with Gasteiger partial charge in [0, 0.05) is 24.8 Å². The summed E-state index contributed by atoms with van der Waals surface area (Å²) in [6.45, 7) is 1.84. The molecule has 96 valence electrons. The van der Waals surface area contributed by atoms with Crippen molar-refractivity contribution in [3.63, 3.8) is 0 Å². The average Bonchev–Trinajstić information content (AvgIpc) is 2.48. The van der Waals surface area contributed by atoms with Crippen LogP contribution in [0, 0.1) is 0 Å². The van der Waals surface area contributed by atoms with Crippen LogP contribution in [0.2, 0.25) is 0 Å². The fraction of sp³-hybridized carbons (Fsp3) is 0.188. The fourth-order valence-corrected chi connectivity index (χ4v) is 1.69. The Labute approximate surface area is 113 Å². The lowest BCUT2D eigenvalue weighted by Crippen LogP contribution is -2.02. The molecule has 2 rings (SSSR count). The number of carbonyl (C=O) groups is 1. The van der Waals surface area contributed by atoms with Gasteiger partial charge in [-0.1, -0.05) is 31.2 Å². The van der Waals surface area contributed by atoms with Gasteiger partial charge in [-0.2, -0.15) is 0 Å². The van der Waals surface area contributed by atoms with Crippen molar-refractivity contribution in [2.24, 2.45) is 4.99 Å². The highest BCUT2D eigenvalue weighted by atomic mass is 16.1. The molecule has 0 aliphatic heterocycles. The van der Waals surface area contributed by atoms with Crippen LogP contribution in [0.25, 0.3) is 0 Å². The summed E-state index contributed by atoms with van der Waals surface area (Å²) < 4.78 is 0. The van der Waals surface area contributed by atoms with Gasteiger partial charge < -0.3 is 0 Å². The van der Waals surface area contributed by atoms with Crippen LogP contribution in [0.3, 0.4) is 0 Å². The van der Waals surface area contributed by atoms with Crippen LogP contribution >= 0.6 is 0 Å². The molecule has 1 heterocycles. The Kier molecular flexibility index (Phi) is 4.56. The van der Waals surface area contributed by atoms with E-state index < -0.39 is 0 Å². The topological polar surface area (TPSA) is 42.3 Å². The SMILES string of the molecule is CCC(=O)c1cccc(CC=Nc2ccccc2)n1. The van der Waals surface area contributed by atoms with Gasteiger partial charge in [-0.25, -0.2) is 4.98 Å². The van der Waals surface area contributed by atoms with E-state index in [0.717, 1.165) is 11.4 Å². The lowest BCUT2D eigenvalue weighted by molar-refractivity contribution is 0.0983. The van der Waals surface area contributed by atoms with E-state index in [1.54, 1.807) is 6.07 Å². The van der Waals surface area contributed by atoms with Crippen LogP contribution in [0.1, 0.15) is 29.5 Å². The third-order valence-corrected chi connectivity index (χ3v) is 2.71. The summed E-state index contributed by atoms with van der Waals surface area (Å²) in [7, 11) is 0. The van der Waals surface area contributed by atoms with Crippen LogP contribution in [0.5, 0.6) is 0 Å². The predicted octanol–water partition coefficient (Wildman–Crippen LogP) is 3.62. The zero-order valence-corrected chi connectivity index (χ0v) is 10.9. The Morgan fingerprint density at radius 1 is 1.16 bits per heavy atom. The second-order valence-corrected chi connectivity index (χ2v) is 4.14. The Morgan fingerprint density at radius 2 is 1.95 bits per heavy atom. The number of hydrogen-bond acceptors (Lipinski definition) is 3. The van der Waals surface area contributed by atoms with Gasteiger partial charge in [0.15, 0.2) is 5.78 Å². The molecule has 0 saturated carbocycles. The first-order valence-electron chi connectivity index (χ1n) is 6.36. The van der Waals surface area contributed by atoms with Gasteiger partial charge in [0.1, 0.15) is 5.69 Å². The number of hydrogen-bond donors (Lipinski definition) is 0. The first kappa shape index (κ1) is 13.1. The molecule has 2 aromatic rings. The maximum absolute atomic E-state index is 11.6. The number of aromatic nitrogens is 1. The number of nitrogens with zero attached hydrogens (tertiary/aromatic N) is 2. The molecule has 3 heteroatoms. The number of carbonyl (C=O) groups excluding carboxylic acids is 1. The van der Waals surface area contributed by atoms with E-state index in [2.05, 4.69) is 9.98 Å². The third kappa shape index (κ3) is 3.85. The molecule has 1 aromatic carbocycles. The number of aliphatic imine (C=N–C) groups is 1. The van der Waals surface area contributed by atoms with E-state index in [1.807, 2.05) is 55.6 Å². The lowest BCUT2D eigenvalue weighted by atomic mass is 10.2. The first-order chi connectivity index (χ1) is 9.29. The van der Waals surface area contributed by atoms with Crippen molar-refractivity contribution >= 4 is 17.7 Å². The van der Waals surface area contributed by atoms with Gasteiger partial charge >= 0.3 is 0 Å². The van der Waals surface area contributed by atoms with E-state index in [4.69, 9.17) is 0 Å². The number of pyridine rings is 1. The molecule has 0 radical (unpaired) electrons. The maximum atomic E-state index is 11.6. The van der Waals surface area contributed by atoms with Crippen molar-refractivity contribution in [1.82, 2.24) is 4.98 Å². The highest BCUT2D eigenvalue weighted by molar-refractivity contribution is 5.94. The number of Topliss-reactive ketones (excluding diaryl/α,β-unsaturated/α-hetero) is 1. The summed E-state index contributed by atoms with van der Waals surface area (Å²) in [6.07, 6.45) is 2.92. The third-order valence-electron chi connectivity index (χ3n) is 2.71. The monoisotopic (exact) mass is 252 g/mol. The molecule has 1 aromatic heterocycles. The largest absolute Gasteiger partial charge is 0.292 e. The molecule has 0 atom stereocenters. The van der Waals surface area contributed by atoms with E-state index in [-0.39, 0.29) is 5.78 Å². The Balaban J connectivity index is 2.04. The van der Waals surface area contributed by atoms with Crippen molar-refractivity contribution in [1.29, 1.82) is 0 Å². The second-order valence-electron chi connectivity index (χ2n) is 4.14. The first-order valence-corrected chi connectivity index (χ1v) is 6.36. The molecule has 0 aliphatic rings. The number of rotatable bonds is 5. The van der Waals surface area contributed by atoms with Crippen LogP contribution < -0.4 is 0 Å². The van der Waals surface area contributed by atoms with Crippen molar-refractivity contribution in [3.05, 3.63) is 59.9 Å². The molecule has 0 spiro atoms. The quantitative estimate of drug-likeness (QED) is 0.602. The normalized spacial score (nSPS) is 10.8. The van der Waals surface area contributed by atoms with Gasteiger partial charge in [0.25, 0.3) is 0 Å². The summed E-state index contributed by atoms with van der Waals surface area (Å²) in [6, 6.07) is 15.3. The van der Waals surface area contributed by atoms with Gasteiger partial charge in [-0.15, -0.1) is 0 Å². The second kappa shape index (κ2) is 6.59. The maximum Gasteiger partial charge on any atom is 0.180 e. The number of ketones is 1. The van der Waals surface area contributed by atoms with Gasteiger partial charge in [-0.3, -0.25) is 9.79 Å². The van der Waals surface area contributed by atoms with Crippen LogP contribution in [0.15, 0.2) is 53.5 Å². The highest BCUT2D eigenvalue weighted by Crippen LogP contribution is 2.09. The fourth-order valence-electron chi connectivity index (χ4n) is 1.69. The van der Waals surface area contributed by atoms with Crippen molar-refractivity contribution in [3.8, 4) is 0 Å². The Morgan fingerprint density at radius 3 is 2.68 bits per heavy atom. The summed E-state index contributed by atoms with van der Waals surface area (Å²) in [4.78, 5) is 20.2. The molecule has 0 unspecified atom stereocenters. The van der Waals surface area contributed by atoms with E-state index in [9.17, 15) is 4.79 Å². The van der Waals surface area contributed by atoms with Crippen molar-refractivity contribution in [2.45, 2.75) is 19.8 Å². The van der Waals surface area contributed by atoms with Crippen LogP contribution in [-0.2, 0) is 6.42 Å². The molecule has 0 fully saturated rings. The predicted molar refractivity (Wildman–Crippen MR) is 77.2 cm³/mol. The minimum Gasteiger partial charge on any atom is -0.292 e. The zero-order chi connectivity index (χ0) is 13.5. The van der Waals surface area contributed by atoms with Crippen molar-refractivity contribution < 1.29 is 4.79 Å². The summed E-state index contributed by atoms with van der Waals surface area (Å²) in [5, 5.41) is 0. The van der Waals surface area contributed by atoms with E-state index >= 15 is 0 Å². The minimum absolute atomic E-state index is 0.0712. The summed E-state index contributed by atoms with van der Waals surface area (Å²) >= 11 is 0. The number of benzene rings is 1. The molecule has 0 saturated heterocycles. The number of para-hydroxylation sites is 1. The highest BCUT2D eigenvalue weighted by Gasteiger charge is 2.04. The standard InChI is InChI=1S/C16H16N2O/c1-2-16(19)15-10-6-9-14(18-15)11-12-17-13-7-4-3-5-8-13/h3-10,12H,2,11H2,1H3. The summed E-state index contributed by atoms with van der Waals surface area (Å²) in [5.74, 6) is 0.0712.